The third-order valence-corrected chi connectivity index (χ3v) is 4.89. The number of hydrogen-bond acceptors (Lipinski definition) is 5. The number of ketones is 1. The van der Waals surface area contributed by atoms with Crippen molar-refractivity contribution in [1.29, 1.82) is 0 Å². The number of Topliss-reactive ketones (excluding diaryl/α,β-unsaturated/α-hetero) is 1. The number of carbonyl (C=O) groups excluding carboxylic acids is 1. The van der Waals surface area contributed by atoms with E-state index in [0.29, 0.717) is 0 Å². The zero-order valence-electron chi connectivity index (χ0n) is 16.8. The topological polar surface area (TPSA) is 104 Å². The molecule has 3 aromatic rings. The first kappa shape index (κ1) is 22.4. The summed E-state index contributed by atoms with van der Waals surface area (Å²) in [6, 6.07) is 28.1. The SMILES string of the molecule is O=C(O)CC(=O)CC(O)(O)COC(c1ccccc1)(c1ccccc1)c1ccccc1. The van der Waals surface area contributed by atoms with Crippen LogP contribution in [0.4, 0.5) is 0 Å². The Labute approximate surface area is 180 Å². The van der Waals surface area contributed by atoms with Crippen LogP contribution in [0.3, 0.4) is 0 Å². The summed E-state index contributed by atoms with van der Waals surface area (Å²) in [6.07, 6.45) is -1.54. The first-order valence-corrected chi connectivity index (χ1v) is 9.82. The van der Waals surface area contributed by atoms with Crippen LogP contribution in [0.25, 0.3) is 0 Å². The number of ether oxygens (including phenoxy) is 1. The molecule has 0 aliphatic heterocycles. The van der Waals surface area contributed by atoms with Gasteiger partial charge in [0.05, 0.1) is 6.42 Å². The van der Waals surface area contributed by atoms with Crippen molar-refractivity contribution >= 4 is 11.8 Å². The number of aliphatic carboxylic acids is 1. The molecule has 3 rings (SSSR count). The largest absolute Gasteiger partial charge is 0.481 e. The Hall–Kier alpha value is -3.32. The van der Waals surface area contributed by atoms with Crippen molar-refractivity contribution in [3.05, 3.63) is 108 Å². The summed E-state index contributed by atoms with van der Waals surface area (Å²) in [6.45, 7) is -0.614. The van der Waals surface area contributed by atoms with Crippen molar-refractivity contribution in [3.8, 4) is 0 Å². The summed E-state index contributed by atoms with van der Waals surface area (Å²) >= 11 is 0. The molecule has 0 saturated heterocycles. The average Bonchev–Trinajstić information content (AvgIpc) is 2.75. The van der Waals surface area contributed by atoms with E-state index in [-0.39, 0.29) is 0 Å². The van der Waals surface area contributed by atoms with Crippen molar-refractivity contribution in [1.82, 2.24) is 0 Å². The predicted molar refractivity (Wildman–Crippen MR) is 114 cm³/mol. The lowest BCUT2D eigenvalue weighted by Gasteiger charge is -2.37. The second kappa shape index (κ2) is 9.66. The van der Waals surface area contributed by atoms with Crippen molar-refractivity contribution in [2.45, 2.75) is 24.2 Å². The maximum absolute atomic E-state index is 11.8. The van der Waals surface area contributed by atoms with Gasteiger partial charge >= 0.3 is 5.97 Å². The van der Waals surface area contributed by atoms with E-state index >= 15 is 0 Å². The van der Waals surface area contributed by atoms with Gasteiger partial charge in [0, 0.05) is 0 Å². The van der Waals surface area contributed by atoms with Gasteiger partial charge in [-0.1, -0.05) is 91.0 Å². The van der Waals surface area contributed by atoms with E-state index < -0.39 is 42.6 Å². The Morgan fingerprint density at radius 1 is 0.710 bits per heavy atom. The summed E-state index contributed by atoms with van der Waals surface area (Å²) in [4.78, 5) is 22.6. The Balaban J connectivity index is 2.04. The summed E-state index contributed by atoms with van der Waals surface area (Å²) in [5.41, 5.74) is 1.11. The lowest BCUT2D eigenvalue weighted by Crippen LogP contribution is -2.43. The van der Waals surface area contributed by atoms with Crippen molar-refractivity contribution < 1.29 is 29.6 Å². The van der Waals surface area contributed by atoms with Crippen LogP contribution in [0.2, 0.25) is 0 Å². The van der Waals surface area contributed by atoms with Gasteiger partial charge in [0.25, 0.3) is 0 Å². The van der Waals surface area contributed by atoms with Crippen molar-refractivity contribution in [2.24, 2.45) is 0 Å². The van der Waals surface area contributed by atoms with Gasteiger partial charge in [-0.05, 0) is 16.7 Å². The van der Waals surface area contributed by atoms with Gasteiger partial charge in [-0.2, -0.15) is 0 Å². The number of hydrogen-bond donors (Lipinski definition) is 3. The van der Waals surface area contributed by atoms with Crippen LogP contribution in [0.5, 0.6) is 0 Å². The lowest BCUT2D eigenvalue weighted by molar-refractivity contribution is -0.216. The highest BCUT2D eigenvalue weighted by Crippen LogP contribution is 2.41. The van der Waals surface area contributed by atoms with E-state index in [9.17, 15) is 19.8 Å². The molecular formula is C25H24O6. The average molecular weight is 420 g/mol. The van der Waals surface area contributed by atoms with Gasteiger partial charge in [0.1, 0.15) is 24.4 Å². The fraction of sp³-hybridized carbons (Fsp3) is 0.200. The number of carbonyl (C=O) groups is 2. The maximum Gasteiger partial charge on any atom is 0.310 e. The number of carboxylic acid groups (broad SMARTS) is 1. The van der Waals surface area contributed by atoms with Crippen molar-refractivity contribution in [2.75, 3.05) is 6.61 Å². The fourth-order valence-electron chi connectivity index (χ4n) is 3.59. The molecule has 160 valence electrons. The van der Waals surface area contributed by atoms with Crippen LogP contribution in [-0.2, 0) is 19.9 Å². The number of benzene rings is 3. The molecule has 0 heterocycles. The van der Waals surface area contributed by atoms with Crippen LogP contribution in [0.1, 0.15) is 29.5 Å². The zero-order valence-corrected chi connectivity index (χ0v) is 16.8. The molecule has 0 fully saturated rings. The second-order valence-corrected chi connectivity index (χ2v) is 7.34. The first-order valence-electron chi connectivity index (χ1n) is 9.82. The molecule has 0 atom stereocenters. The van der Waals surface area contributed by atoms with Gasteiger partial charge in [0.2, 0.25) is 0 Å². The third kappa shape index (κ3) is 5.44. The van der Waals surface area contributed by atoms with Crippen LogP contribution in [0, 0.1) is 0 Å². The van der Waals surface area contributed by atoms with Gasteiger partial charge in [-0.15, -0.1) is 0 Å². The molecule has 3 N–H and O–H groups in total. The van der Waals surface area contributed by atoms with Crippen LogP contribution in [-0.4, -0.2) is 39.5 Å². The van der Waals surface area contributed by atoms with Gasteiger partial charge < -0.3 is 20.1 Å². The highest BCUT2D eigenvalue weighted by Gasteiger charge is 2.40. The molecule has 0 saturated carbocycles. The molecule has 0 aliphatic rings. The minimum atomic E-state index is -2.53. The first-order chi connectivity index (χ1) is 14.8. The number of aliphatic hydroxyl groups is 2. The van der Waals surface area contributed by atoms with Crippen LogP contribution < -0.4 is 0 Å². The molecule has 0 spiro atoms. The second-order valence-electron chi connectivity index (χ2n) is 7.34. The Morgan fingerprint density at radius 3 is 1.45 bits per heavy atom. The van der Waals surface area contributed by atoms with Crippen molar-refractivity contribution in [3.63, 3.8) is 0 Å². The van der Waals surface area contributed by atoms with E-state index in [4.69, 9.17) is 9.84 Å². The summed E-state index contributed by atoms with van der Waals surface area (Å²) in [5.74, 6) is -4.66. The highest BCUT2D eigenvalue weighted by molar-refractivity contribution is 5.95. The van der Waals surface area contributed by atoms with E-state index in [2.05, 4.69) is 0 Å². The third-order valence-electron chi connectivity index (χ3n) is 4.89. The van der Waals surface area contributed by atoms with Gasteiger partial charge in [-0.3, -0.25) is 9.59 Å². The monoisotopic (exact) mass is 420 g/mol. The highest BCUT2D eigenvalue weighted by atomic mass is 16.6. The molecule has 0 amide bonds. The van der Waals surface area contributed by atoms with Crippen LogP contribution in [0.15, 0.2) is 91.0 Å². The fourth-order valence-corrected chi connectivity index (χ4v) is 3.59. The Kier molecular flexibility index (Phi) is 6.97. The smallest absolute Gasteiger partial charge is 0.310 e. The molecule has 3 aromatic carbocycles. The quantitative estimate of drug-likeness (QED) is 0.265. The minimum absolute atomic E-state index is 0.614. The molecular weight excluding hydrogens is 396 g/mol. The molecule has 6 heteroatoms. The van der Waals surface area contributed by atoms with Crippen LogP contribution >= 0.6 is 0 Å². The van der Waals surface area contributed by atoms with Gasteiger partial charge in [-0.25, -0.2) is 0 Å². The summed E-state index contributed by atoms with van der Waals surface area (Å²) < 4.78 is 6.26. The minimum Gasteiger partial charge on any atom is -0.481 e. The molecule has 6 nitrogen and oxygen atoms in total. The molecule has 31 heavy (non-hydrogen) atoms. The zero-order chi connectivity index (χ0) is 22.3. The Bertz CT molecular complexity index is 903. The predicted octanol–water partition coefficient (Wildman–Crippen LogP) is 3.11. The Morgan fingerprint density at radius 2 is 1.10 bits per heavy atom. The molecule has 0 radical (unpaired) electrons. The van der Waals surface area contributed by atoms with E-state index in [1.165, 1.54) is 0 Å². The normalized spacial score (nSPS) is 11.8. The molecule has 0 aromatic heterocycles. The molecule has 0 aliphatic carbocycles. The van der Waals surface area contributed by atoms with E-state index in [0.717, 1.165) is 16.7 Å². The summed E-state index contributed by atoms with van der Waals surface area (Å²) in [7, 11) is 0. The van der Waals surface area contributed by atoms with Gasteiger partial charge in [0.15, 0.2) is 5.79 Å². The number of carboxylic acids is 1. The standard InChI is InChI=1S/C25H24O6/c26-22(16-23(27)28)17-24(29,30)18-31-25(19-10-4-1-5-11-19,20-12-6-2-7-13-20)21-14-8-3-9-15-21/h1-15,29-30H,16-18H2,(H,27,28). The number of rotatable bonds is 10. The van der Waals surface area contributed by atoms with E-state index in [1.807, 2.05) is 91.0 Å². The molecule has 0 unspecified atom stereocenters. The molecule has 0 bridgehead atoms. The lowest BCUT2D eigenvalue weighted by atomic mass is 9.80. The van der Waals surface area contributed by atoms with E-state index in [1.54, 1.807) is 0 Å². The summed E-state index contributed by atoms with van der Waals surface area (Å²) in [5, 5.41) is 29.6. The maximum atomic E-state index is 11.8.